The van der Waals surface area contributed by atoms with Crippen molar-refractivity contribution in [3.05, 3.63) is 137 Å². The third-order valence-corrected chi connectivity index (χ3v) is 12.4. The lowest BCUT2D eigenvalue weighted by Crippen LogP contribution is -2.14. The Hall–Kier alpha value is -7.83. The minimum atomic E-state index is -5.09. The van der Waals surface area contributed by atoms with Crippen LogP contribution in [0.5, 0.6) is 11.5 Å². The molecule has 23 heteroatoms. The Morgan fingerprint density at radius 3 is 2.21 bits per heavy atom. The van der Waals surface area contributed by atoms with Crippen LogP contribution in [0.25, 0.3) is 37.9 Å². The number of thiazole rings is 1. The number of aromatic nitrogens is 3. The first kappa shape index (κ1) is 44.8. The number of fused-ring (bicyclic) bond motifs is 2. The fourth-order valence-corrected chi connectivity index (χ4v) is 8.75. The average molecular weight is 948 g/mol. The molecule has 0 spiro atoms. The second kappa shape index (κ2) is 18.3. The van der Waals surface area contributed by atoms with E-state index in [0.717, 1.165) is 21.0 Å². The van der Waals surface area contributed by atoms with E-state index in [1.165, 1.54) is 59.9 Å². The molecule has 0 fully saturated rings. The second-order valence-electron chi connectivity index (χ2n) is 14.3. The van der Waals surface area contributed by atoms with Crippen LogP contribution in [0.3, 0.4) is 0 Å². The highest BCUT2D eigenvalue weighted by molar-refractivity contribution is 7.86. The molecule has 2 heterocycles. The van der Waals surface area contributed by atoms with E-state index in [1.54, 1.807) is 43.3 Å². The van der Waals surface area contributed by atoms with Crippen molar-refractivity contribution >= 4 is 92.1 Å². The number of rotatable bonds is 15. The van der Waals surface area contributed by atoms with Crippen LogP contribution in [0.1, 0.15) is 22.3 Å². The van der Waals surface area contributed by atoms with Gasteiger partial charge in [-0.15, -0.1) is 30.7 Å². The number of hydrogen-bond acceptors (Lipinski definition) is 16. The first-order valence-electron chi connectivity index (χ1n) is 19.4. The van der Waals surface area contributed by atoms with Crippen molar-refractivity contribution in [3.8, 4) is 28.4 Å². The highest BCUT2D eigenvalue weighted by atomic mass is 32.2. The van der Waals surface area contributed by atoms with Crippen molar-refractivity contribution in [1.29, 1.82) is 0 Å². The number of aromatic amines is 1. The van der Waals surface area contributed by atoms with E-state index in [1.807, 2.05) is 24.3 Å². The number of aromatic hydroxyl groups is 1. The van der Waals surface area contributed by atoms with Gasteiger partial charge < -0.3 is 14.9 Å². The number of benzene rings is 6. The highest BCUT2D eigenvalue weighted by Gasteiger charge is 2.24. The van der Waals surface area contributed by atoms with E-state index >= 15 is 0 Å². The summed E-state index contributed by atoms with van der Waals surface area (Å²) in [6.07, 6.45) is -0.0740. The molecule has 0 aliphatic heterocycles. The SMILES string of the molecule is Cc1cc(N=Nc2ccc3c(S(=O)(=O)O)c(N=Nc4c(-c5ccccc5)[nH]n(-c5cccc(C(=O)O)c5)c4=O)ccc3c2O)c(OCCCS(=O)(=O)O)cc1N=Nc1nc2ccccc2s1. The zero-order valence-electron chi connectivity index (χ0n) is 34.0. The fraction of sp³-hybridized carbons (Fsp3) is 0.0930. The molecule has 0 atom stereocenters. The molecule has 0 radical (unpaired) electrons. The van der Waals surface area contributed by atoms with Crippen molar-refractivity contribution < 1.29 is 45.7 Å². The molecular weight excluding hydrogens is 915 g/mol. The number of H-pyrrole nitrogens is 1. The summed E-state index contributed by atoms with van der Waals surface area (Å²) in [4.78, 5) is 29.2. The van der Waals surface area contributed by atoms with Crippen LogP contribution in [-0.4, -0.2) is 69.2 Å². The van der Waals surface area contributed by atoms with E-state index in [4.69, 9.17) is 4.74 Å². The molecule has 20 nitrogen and oxygen atoms in total. The molecule has 0 aliphatic rings. The first-order chi connectivity index (χ1) is 31.5. The van der Waals surface area contributed by atoms with Crippen molar-refractivity contribution in [1.82, 2.24) is 14.8 Å². The number of carboxylic acids is 1. The lowest BCUT2D eigenvalue weighted by Gasteiger charge is -2.11. The number of aryl methyl sites for hydroxylation is 1. The van der Waals surface area contributed by atoms with Gasteiger partial charge in [-0.2, -0.15) is 16.8 Å². The number of phenols is 1. The number of nitrogens with one attached hydrogen (secondary N) is 1. The average Bonchev–Trinajstić information content (AvgIpc) is 3.86. The van der Waals surface area contributed by atoms with Crippen molar-refractivity contribution in [3.63, 3.8) is 0 Å². The second-order valence-corrected chi connectivity index (χ2v) is 18.2. The maximum absolute atomic E-state index is 13.8. The van der Waals surface area contributed by atoms with E-state index < -0.39 is 53.9 Å². The lowest BCUT2D eigenvalue weighted by atomic mass is 10.1. The maximum Gasteiger partial charge on any atom is 0.335 e. The largest absolute Gasteiger partial charge is 0.505 e. The Balaban J connectivity index is 1.14. The van der Waals surface area contributed by atoms with Gasteiger partial charge in [0.2, 0.25) is 5.13 Å². The molecule has 0 unspecified atom stereocenters. The van der Waals surface area contributed by atoms with Gasteiger partial charge in [0, 0.05) is 22.4 Å². The minimum absolute atomic E-state index is 0.0740. The molecule has 0 bridgehead atoms. The summed E-state index contributed by atoms with van der Waals surface area (Å²) >= 11 is 1.34. The minimum Gasteiger partial charge on any atom is -0.505 e. The van der Waals surface area contributed by atoms with Crippen LogP contribution in [0.15, 0.2) is 156 Å². The maximum atomic E-state index is 13.8. The number of aromatic carboxylic acids is 1. The molecule has 6 aromatic carbocycles. The molecule has 8 rings (SSSR count). The van der Waals surface area contributed by atoms with Crippen LogP contribution < -0.4 is 10.3 Å². The number of phenolic OH excluding ortho intramolecular Hbond substituents is 1. The summed E-state index contributed by atoms with van der Waals surface area (Å²) in [5.74, 6) is -2.23. The third kappa shape index (κ3) is 9.79. The third-order valence-electron chi connectivity index (χ3n) is 9.75. The number of hydrogen-bond donors (Lipinski definition) is 5. The molecular formula is C43H33N9O11S3. The summed E-state index contributed by atoms with van der Waals surface area (Å²) in [7, 11) is -9.36. The highest BCUT2D eigenvalue weighted by Crippen LogP contribution is 2.43. The Kier molecular flexibility index (Phi) is 12.4. The summed E-state index contributed by atoms with van der Waals surface area (Å²) < 4.78 is 76.1. The Morgan fingerprint density at radius 1 is 0.773 bits per heavy atom. The number of carboxylic acid groups (broad SMARTS) is 1. The molecule has 2 aromatic heterocycles. The van der Waals surface area contributed by atoms with Gasteiger partial charge in [0.05, 0.1) is 45.2 Å². The Labute approximate surface area is 377 Å². The van der Waals surface area contributed by atoms with Crippen molar-refractivity contribution in [2.24, 2.45) is 30.7 Å². The van der Waals surface area contributed by atoms with Gasteiger partial charge in [-0.3, -0.25) is 19.0 Å². The van der Waals surface area contributed by atoms with Crippen LogP contribution in [-0.2, 0) is 20.2 Å². The Morgan fingerprint density at radius 2 is 1.47 bits per heavy atom. The molecule has 0 aliphatic carbocycles. The molecule has 66 heavy (non-hydrogen) atoms. The van der Waals surface area contributed by atoms with E-state index in [-0.39, 0.29) is 63.6 Å². The topological polar surface area (TPSA) is 300 Å². The standard InChI is InChI=1S/C43H33N9O11S3/c1-24-21-34(35(63-19-8-20-65(57,58)59)23-33(24)47-50-43-44-30-13-5-6-14-36(30)64-43)48-45-31-17-16-29-28(39(31)53)15-18-32(40(29)66(60,61)62)46-49-38-37(25-9-3-2-4-10-25)51-52(41(38)54)27-12-7-11-26(22-27)42(55)56/h2-7,9-18,21-23,51,53H,8,19-20H2,1H3,(H,55,56)(H,57,58,59)(H,60,61,62). The van der Waals surface area contributed by atoms with Crippen LogP contribution in [0, 0.1) is 6.92 Å². The van der Waals surface area contributed by atoms with Gasteiger partial charge >= 0.3 is 5.97 Å². The zero-order chi connectivity index (χ0) is 46.8. The molecule has 0 saturated heterocycles. The van der Waals surface area contributed by atoms with E-state index in [0.29, 0.717) is 21.9 Å². The normalized spacial score (nSPS) is 12.3. The lowest BCUT2D eigenvalue weighted by molar-refractivity contribution is 0.0696. The molecule has 0 saturated carbocycles. The molecule has 334 valence electrons. The number of carbonyl (C=O) groups is 1. The van der Waals surface area contributed by atoms with Gasteiger partial charge in [0.1, 0.15) is 27.7 Å². The van der Waals surface area contributed by atoms with Gasteiger partial charge in [0.15, 0.2) is 11.4 Å². The number of ether oxygens (including phenoxy) is 1. The van der Waals surface area contributed by atoms with Gasteiger partial charge in [-0.05, 0) is 73.5 Å². The molecule has 5 N–H and O–H groups in total. The van der Waals surface area contributed by atoms with Crippen molar-refractivity contribution in [2.75, 3.05) is 12.4 Å². The predicted octanol–water partition coefficient (Wildman–Crippen LogP) is 10.5. The monoisotopic (exact) mass is 947 g/mol. The number of para-hydroxylation sites is 1. The summed E-state index contributed by atoms with van der Waals surface area (Å²) in [5.41, 5.74) is 0.981. The van der Waals surface area contributed by atoms with Crippen molar-refractivity contribution in [2.45, 2.75) is 18.2 Å². The van der Waals surface area contributed by atoms with E-state index in [9.17, 15) is 45.7 Å². The summed E-state index contributed by atoms with van der Waals surface area (Å²) in [5, 5.41) is 49.3. The molecule has 0 amide bonds. The van der Waals surface area contributed by atoms with Gasteiger partial charge in [0.25, 0.3) is 25.8 Å². The van der Waals surface area contributed by atoms with Crippen LogP contribution in [0.2, 0.25) is 0 Å². The Bertz CT molecular complexity index is 3560. The number of nitrogens with zero attached hydrogens (tertiary/aromatic N) is 8. The van der Waals surface area contributed by atoms with Crippen LogP contribution >= 0.6 is 11.3 Å². The van der Waals surface area contributed by atoms with Gasteiger partial charge in [-0.25, -0.2) is 14.5 Å². The first-order valence-corrected chi connectivity index (χ1v) is 23.2. The predicted molar refractivity (Wildman–Crippen MR) is 244 cm³/mol. The zero-order valence-corrected chi connectivity index (χ0v) is 36.5. The summed E-state index contributed by atoms with van der Waals surface area (Å²) in [6, 6.07) is 29.6. The van der Waals surface area contributed by atoms with E-state index in [2.05, 4.69) is 40.8 Å². The molecule has 8 aromatic rings. The quantitative estimate of drug-likeness (QED) is 0.0364. The fourth-order valence-electron chi connectivity index (χ4n) is 6.65. The number of azo groups is 3. The van der Waals surface area contributed by atoms with Gasteiger partial charge in [-0.1, -0.05) is 65.9 Å². The summed E-state index contributed by atoms with van der Waals surface area (Å²) in [6.45, 7) is 1.56. The smallest absolute Gasteiger partial charge is 0.335 e. The van der Waals surface area contributed by atoms with Crippen LogP contribution in [0.4, 0.5) is 33.6 Å².